The Labute approximate surface area is 211 Å². The minimum Gasteiger partial charge on any atom is -0.444 e. The molecular weight excluding hydrogens is 462 g/mol. The first-order chi connectivity index (χ1) is 17.1. The maximum atomic E-state index is 12.9. The monoisotopic (exact) mass is 497 g/mol. The van der Waals surface area contributed by atoms with E-state index < -0.39 is 17.1 Å². The second kappa shape index (κ2) is 12.0. The molecule has 1 unspecified atom stereocenters. The number of likely N-dealkylation sites (tertiary alicyclic amines) is 1. The van der Waals surface area contributed by atoms with Crippen LogP contribution >= 0.6 is 0 Å². The number of nitrogens with zero attached hydrogens (tertiary/aromatic N) is 2. The zero-order chi connectivity index (χ0) is 26.3. The Balaban J connectivity index is 1.57. The third kappa shape index (κ3) is 7.52. The van der Waals surface area contributed by atoms with Crippen molar-refractivity contribution in [1.82, 2.24) is 14.8 Å². The molecule has 1 atom stereocenters. The summed E-state index contributed by atoms with van der Waals surface area (Å²) in [6.45, 7) is 7.15. The molecule has 1 saturated heterocycles. The number of hydrogen-bond acceptors (Lipinski definition) is 6. The molecule has 36 heavy (non-hydrogen) atoms. The van der Waals surface area contributed by atoms with Crippen molar-refractivity contribution >= 4 is 17.8 Å². The number of carbonyl (C=O) groups is 3. The highest BCUT2D eigenvalue weighted by Crippen LogP contribution is 2.18. The largest absolute Gasteiger partial charge is 0.444 e. The van der Waals surface area contributed by atoms with Crippen molar-refractivity contribution in [2.45, 2.75) is 58.3 Å². The summed E-state index contributed by atoms with van der Waals surface area (Å²) < 4.78 is 12.7. The summed E-state index contributed by atoms with van der Waals surface area (Å²) in [6, 6.07) is 10.7. The number of benzene rings is 1. The van der Waals surface area contributed by atoms with Gasteiger partial charge < -0.3 is 24.3 Å². The first-order valence-corrected chi connectivity index (χ1v) is 12.2. The Hall–Kier alpha value is -3.46. The van der Waals surface area contributed by atoms with E-state index in [-0.39, 0.29) is 36.5 Å². The second-order valence-corrected chi connectivity index (χ2v) is 9.87. The van der Waals surface area contributed by atoms with E-state index in [2.05, 4.69) is 5.32 Å². The maximum absolute atomic E-state index is 12.9. The van der Waals surface area contributed by atoms with Gasteiger partial charge in [0.1, 0.15) is 11.2 Å². The molecule has 1 aromatic heterocycles. The molecule has 1 aliphatic rings. The lowest BCUT2D eigenvalue weighted by Gasteiger charge is -2.24. The summed E-state index contributed by atoms with van der Waals surface area (Å²) in [6.07, 6.45) is 2.48. The van der Waals surface area contributed by atoms with Crippen molar-refractivity contribution in [3.63, 3.8) is 0 Å². The van der Waals surface area contributed by atoms with Crippen LogP contribution in [0.4, 0.5) is 4.79 Å². The molecule has 0 saturated carbocycles. The summed E-state index contributed by atoms with van der Waals surface area (Å²) >= 11 is 0. The molecule has 0 aliphatic carbocycles. The Morgan fingerprint density at radius 2 is 1.86 bits per heavy atom. The molecule has 0 spiro atoms. The van der Waals surface area contributed by atoms with Gasteiger partial charge in [-0.25, -0.2) is 4.79 Å². The minimum absolute atomic E-state index is 0.0660. The van der Waals surface area contributed by atoms with Gasteiger partial charge in [0.05, 0.1) is 19.2 Å². The summed E-state index contributed by atoms with van der Waals surface area (Å²) in [5.41, 5.74) is 0.133. The van der Waals surface area contributed by atoms with Crippen LogP contribution in [0.3, 0.4) is 0 Å². The number of rotatable bonds is 9. The standard InChI is InChI=1S/C27H35N3O6/c1-27(2,3)36-26(34)29-13-12-21(18-29)35-14-8-11-23(31)20-15-22(24(32)28-4)25(33)30(17-20)16-19-9-6-5-7-10-19/h5-7,9-10,15,17,21H,8,11-14,16,18H2,1-4H3,(H,28,32). The number of ether oxygens (including phenoxy) is 2. The van der Waals surface area contributed by atoms with Crippen LogP contribution in [0.25, 0.3) is 0 Å². The molecule has 9 heteroatoms. The molecular formula is C27H35N3O6. The quantitative estimate of drug-likeness (QED) is 0.421. The van der Waals surface area contributed by atoms with E-state index in [0.29, 0.717) is 38.1 Å². The van der Waals surface area contributed by atoms with Crippen LogP contribution in [0.2, 0.25) is 0 Å². The number of nitrogens with one attached hydrogen (secondary N) is 1. The fourth-order valence-corrected chi connectivity index (χ4v) is 3.97. The lowest BCUT2D eigenvalue weighted by Crippen LogP contribution is -2.36. The molecule has 1 aliphatic heterocycles. The van der Waals surface area contributed by atoms with Gasteiger partial charge in [-0.15, -0.1) is 0 Å². The number of amides is 2. The van der Waals surface area contributed by atoms with Crippen LogP contribution in [0.5, 0.6) is 0 Å². The van der Waals surface area contributed by atoms with Gasteiger partial charge in [-0.3, -0.25) is 14.4 Å². The SMILES string of the molecule is CNC(=O)c1cc(C(=O)CCCOC2CCN(C(=O)OC(C)(C)C)C2)cn(Cc2ccccc2)c1=O. The third-order valence-electron chi connectivity index (χ3n) is 5.77. The fraction of sp³-hybridized carbons (Fsp3) is 0.481. The van der Waals surface area contributed by atoms with E-state index in [4.69, 9.17) is 9.47 Å². The summed E-state index contributed by atoms with van der Waals surface area (Å²) in [4.78, 5) is 51.9. The van der Waals surface area contributed by atoms with Crippen molar-refractivity contribution < 1.29 is 23.9 Å². The molecule has 1 fully saturated rings. The van der Waals surface area contributed by atoms with Crippen molar-refractivity contribution in [3.05, 3.63) is 69.6 Å². The van der Waals surface area contributed by atoms with Gasteiger partial charge >= 0.3 is 6.09 Å². The van der Waals surface area contributed by atoms with Crippen molar-refractivity contribution in [2.75, 3.05) is 26.7 Å². The van der Waals surface area contributed by atoms with Gasteiger partial charge in [0, 0.05) is 38.4 Å². The summed E-state index contributed by atoms with van der Waals surface area (Å²) in [7, 11) is 1.45. The molecule has 1 aromatic carbocycles. The predicted molar refractivity (Wildman–Crippen MR) is 135 cm³/mol. The van der Waals surface area contributed by atoms with Crippen molar-refractivity contribution in [1.29, 1.82) is 0 Å². The van der Waals surface area contributed by atoms with Gasteiger partial charge in [0.25, 0.3) is 11.5 Å². The number of carbonyl (C=O) groups excluding carboxylic acids is 3. The van der Waals surface area contributed by atoms with Crippen molar-refractivity contribution in [3.8, 4) is 0 Å². The minimum atomic E-state index is -0.544. The Morgan fingerprint density at radius 3 is 2.53 bits per heavy atom. The number of ketones is 1. The Morgan fingerprint density at radius 1 is 1.14 bits per heavy atom. The first kappa shape index (κ1) is 27.1. The molecule has 0 bridgehead atoms. The normalized spacial score (nSPS) is 15.6. The maximum Gasteiger partial charge on any atom is 0.410 e. The highest BCUT2D eigenvalue weighted by molar-refractivity contribution is 6.00. The van der Waals surface area contributed by atoms with Crippen LogP contribution in [0, 0.1) is 0 Å². The molecule has 3 rings (SSSR count). The van der Waals surface area contributed by atoms with E-state index >= 15 is 0 Å². The highest BCUT2D eigenvalue weighted by Gasteiger charge is 2.30. The predicted octanol–water partition coefficient (Wildman–Crippen LogP) is 3.25. The molecule has 0 radical (unpaired) electrons. The van der Waals surface area contributed by atoms with E-state index in [1.807, 2.05) is 51.1 Å². The summed E-state index contributed by atoms with van der Waals surface area (Å²) in [5.74, 6) is -0.706. The van der Waals surface area contributed by atoms with Crippen LogP contribution in [-0.4, -0.2) is 65.7 Å². The zero-order valence-electron chi connectivity index (χ0n) is 21.4. The number of hydrogen-bond donors (Lipinski definition) is 1. The van der Waals surface area contributed by atoms with E-state index in [1.54, 1.807) is 4.90 Å². The third-order valence-corrected chi connectivity index (χ3v) is 5.77. The van der Waals surface area contributed by atoms with E-state index in [9.17, 15) is 19.2 Å². The Bertz CT molecular complexity index is 1140. The fourth-order valence-electron chi connectivity index (χ4n) is 3.97. The van der Waals surface area contributed by atoms with Crippen LogP contribution in [0.15, 0.2) is 47.4 Å². The molecule has 9 nitrogen and oxygen atoms in total. The molecule has 2 heterocycles. The second-order valence-electron chi connectivity index (χ2n) is 9.87. The lowest BCUT2D eigenvalue weighted by molar-refractivity contribution is 0.0207. The van der Waals surface area contributed by atoms with Gasteiger partial charge in [0.2, 0.25) is 0 Å². The van der Waals surface area contributed by atoms with Crippen molar-refractivity contribution in [2.24, 2.45) is 0 Å². The molecule has 1 N–H and O–H groups in total. The number of aromatic nitrogens is 1. The van der Waals surface area contributed by atoms with Crippen LogP contribution < -0.4 is 10.9 Å². The van der Waals surface area contributed by atoms with Crippen LogP contribution in [-0.2, 0) is 16.0 Å². The topological polar surface area (TPSA) is 107 Å². The average Bonchev–Trinajstić information content (AvgIpc) is 3.31. The van der Waals surface area contributed by atoms with Gasteiger partial charge in [-0.2, -0.15) is 0 Å². The number of pyridine rings is 1. The lowest BCUT2D eigenvalue weighted by atomic mass is 10.1. The smallest absolute Gasteiger partial charge is 0.410 e. The Kier molecular flexibility index (Phi) is 9.03. The zero-order valence-corrected chi connectivity index (χ0v) is 21.4. The van der Waals surface area contributed by atoms with E-state index in [1.165, 1.54) is 23.9 Å². The summed E-state index contributed by atoms with van der Waals surface area (Å²) in [5, 5.41) is 2.47. The molecule has 2 amide bonds. The molecule has 2 aromatic rings. The first-order valence-electron chi connectivity index (χ1n) is 12.2. The van der Waals surface area contributed by atoms with E-state index in [0.717, 1.165) is 5.56 Å². The highest BCUT2D eigenvalue weighted by atomic mass is 16.6. The van der Waals surface area contributed by atoms with Gasteiger partial charge in [0.15, 0.2) is 5.78 Å². The van der Waals surface area contributed by atoms with Gasteiger partial charge in [-0.1, -0.05) is 30.3 Å². The van der Waals surface area contributed by atoms with Gasteiger partial charge in [-0.05, 0) is 45.2 Å². The molecule has 194 valence electrons. The number of Topliss-reactive ketones (excluding diaryl/α,β-unsaturated/α-hetero) is 1. The van der Waals surface area contributed by atoms with Crippen LogP contribution in [0.1, 0.15) is 66.3 Å². The average molecular weight is 498 g/mol.